The Labute approximate surface area is 62.0 Å². The number of nitrogens with two attached hydrogens (primary N) is 1. The Morgan fingerprint density at radius 1 is 1.80 bits per heavy atom. The highest BCUT2D eigenvalue weighted by atomic mass is 15.2. The molecule has 1 aliphatic rings. The fraction of sp³-hybridized carbons (Fsp3) is 0.500. The van der Waals surface area contributed by atoms with Crippen LogP contribution in [-0.2, 0) is 0 Å². The molecule has 0 saturated carbocycles. The summed E-state index contributed by atoms with van der Waals surface area (Å²) in [6.07, 6.45) is 2.98. The Hall–Kier alpha value is -0.760. The lowest BCUT2D eigenvalue weighted by atomic mass is 10.0. The Kier molecular flexibility index (Phi) is 2.12. The van der Waals surface area contributed by atoms with E-state index in [9.17, 15) is 0 Å². The number of rotatable bonds is 3. The molecule has 2 nitrogen and oxygen atoms in total. The van der Waals surface area contributed by atoms with Gasteiger partial charge < -0.3 is 10.6 Å². The predicted octanol–water partition coefficient (Wildman–Crippen LogP) is 0.719. The van der Waals surface area contributed by atoms with Gasteiger partial charge in [0.05, 0.1) is 0 Å². The minimum atomic E-state index is 0.519. The molecule has 1 unspecified atom stereocenters. The molecule has 0 amide bonds. The standard InChI is InChI=1S/C8H14N2/c1-3-7(2)10-5-4-8(10)6-9/h3,8H,1-2,4-6,9H2. The highest BCUT2D eigenvalue weighted by Gasteiger charge is 2.25. The fourth-order valence-corrected chi connectivity index (χ4v) is 1.18. The minimum Gasteiger partial charge on any atom is -0.368 e. The molecule has 56 valence electrons. The highest BCUT2D eigenvalue weighted by molar-refractivity contribution is 5.14. The second kappa shape index (κ2) is 2.88. The Bertz CT molecular complexity index is 149. The zero-order valence-electron chi connectivity index (χ0n) is 6.21. The molecule has 1 atom stereocenters. The van der Waals surface area contributed by atoms with Crippen molar-refractivity contribution in [1.29, 1.82) is 0 Å². The van der Waals surface area contributed by atoms with Crippen molar-refractivity contribution in [2.75, 3.05) is 13.1 Å². The van der Waals surface area contributed by atoms with Gasteiger partial charge in [0.1, 0.15) is 0 Å². The molecule has 0 radical (unpaired) electrons. The summed E-state index contributed by atoms with van der Waals surface area (Å²) in [5, 5.41) is 0. The summed E-state index contributed by atoms with van der Waals surface area (Å²) >= 11 is 0. The average Bonchev–Trinajstić information content (AvgIpc) is 1.86. The number of hydrogen-bond acceptors (Lipinski definition) is 2. The molecule has 2 heteroatoms. The molecule has 1 heterocycles. The first-order chi connectivity index (χ1) is 4.79. The summed E-state index contributed by atoms with van der Waals surface area (Å²) in [6.45, 7) is 9.31. The van der Waals surface area contributed by atoms with Gasteiger partial charge in [-0.25, -0.2) is 0 Å². The second-order valence-corrected chi connectivity index (χ2v) is 2.57. The lowest BCUT2D eigenvalue weighted by molar-refractivity contribution is 0.149. The molecular weight excluding hydrogens is 124 g/mol. The molecule has 0 bridgehead atoms. The first-order valence-corrected chi connectivity index (χ1v) is 3.57. The molecule has 2 N–H and O–H groups in total. The van der Waals surface area contributed by atoms with Crippen LogP contribution in [0.5, 0.6) is 0 Å². The third kappa shape index (κ3) is 1.07. The third-order valence-electron chi connectivity index (χ3n) is 2.02. The van der Waals surface area contributed by atoms with Crippen LogP contribution in [0.2, 0.25) is 0 Å². The average molecular weight is 138 g/mol. The summed E-state index contributed by atoms with van der Waals surface area (Å²) in [5.41, 5.74) is 6.50. The first kappa shape index (κ1) is 7.35. The molecule has 1 aliphatic heterocycles. The van der Waals surface area contributed by atoms with Crippen LogP contribution in [0.15, 0.2) is 24.9 Å². The van der Waals surface area contributed by atoms with E-state index < -0.39 is 0 Å². The largest absolute Gasteiger partial charge is 0.368 e. The lowest BCUT2D eigenvalue weighted by Crippen LogP contribution is -2.50. The first-order valence-electron chi connectivity index (χ1n) is 3.57. The Morgan fingerprint density at radius 2 is 2.50 bits per heavy atom. The van der Waals surface area contributed by atoms with Gasteiger partial charge in [0.2, 0.25) is 0 Å². The van der Waals surface area contributed by atoms with Crippen molar-refractivity contribution >= 4 is 0 Å². The van der Waals surface area contributed by atoms with E-state index in [1.165, 1.54) is 6.42 Å². The molecule has 0 spiro atoms. The minimum absolute atomic E-state index is 0.519. The quantitative estimate of drug-likeness (QED) is 0.582. The van der Waals surface area contributed by atoms with Gasteiger partial charge in [-0.1, -0.05) is 13.2 Å². The number of hydrogen-bond donors (Lipinski definition) is 1. The maximum absolute atomic E-state index is 5.50. The van der Waals surface area contributed by atoms with Crippen LogP contribution in [0.25, 0.3) is 0 Å². The van der Waals surface area contributed by atoms with Crippen LogP contribution >= 0.6 is 0 Å². The predicted molar refractivity (Wildman–Crippen MR) is 43.5 cm³/mol. The normalized spacial score (nSPS) is 23.7. The van der Waals surface area contributed by atoms with E-state index in [0.29, 0.717) is 6.04 Å². The fourth-order valence-electron chi connectivity index (χ4n) is 1.18. The van der Waals surface area contributed by atoms with E-state index in [1.54, 1.807) is 6.08 Å². The van der Waals surface area contributed by atoms with Gasteiger partial charge in [0.15, 0.2) is 0 Å². The summed E-state index contributed by atoms with van der Waals surface area (Å²) in [4.78, 5) is 2.19. The van der Waals surface area contributed by atoms with Crippen molar-refractivity contribution in [2.24, 2.45) is 5.73 Å². The van der Waals surface area contributed by atoms with E-state index in [0.717, 1.165) is 18.8 Å². The Morgan fingerprint density at radius 3 is 2.80 bits per heavy atom. The van der Waals surface area contributed by atoms with E-state index in [4.69, 9.17) is 5.73 Å². The molecule has 0 aromatic heterocycles. The van der Waals surface area contributed by atoms with Crippen LogP contribution in [0.1, 0.15) is 6.42 Å². The Balaban J connectivity index is 2.42. The summed E-state index contributed by atoms with van der Waals surface area (Å²) in [6, 6.07) is 0.519. The molecule has 0 aromatic rings. The van der Waals surface area contributed by atoms with Crippen LogP contribution in [-0.4, -0.2) is 24.0 Å². The van der Waals surface area contributed by atoms with Crippen LogP contribution in [0.4, 0.5) is 0 Å². The number of likely N-dealkylation sites (tertiary alicyclic amines) is 1. The summed E-state index contributed by atoms with van der Waals surface area (Å²) in [7, 11) is 0. The second-order valence-electron chi connectivity index (χ2n) is 2.57. The van der Waals surface area contributed by atoms with E-state index >= 15 is 0 Å². The van der Waals surface area contributed by atoms with Gasteiger partial charge in [0, 0.05) is 24.8 Å². The maximum atomic E-state index is 5.50. The molecule has 1 fully saturated rings. The van der Waals surface area contributed by atoms with E-state index in [2.05, 4.69) is 18.1 Å². The SMILES string of the molecule is C=CC(=C)N1CCC1CN. The van der Waals surface area contributed by atoms with Gasteiger partial charge in [0.25, 0.3) is 0 Å². The van der Waals surface area contributed by atoms with Crippen molar-refractivity contribution < 1.29 is 0 Å². The molecule has 0 aliphatic carbocycles. The van der Waals surface area contributed by atoms with Gasteiger partial charge in [-0.05, 0) is 12.5 Å². The zero-order valence-corrected chi connectivity index (χ0v) is 6.21. The maximum Gasteiger partial charge on any atom is 0.0428 e. The van der Waals surface area contributed by atoms with E-state index in [-0.39, 0.29) is 0 Å². The lowest BCUT2D eigenvalue weighted by Gasteiger charge is -2.42. The third-order valence-corrected chi connectivity index (χ3v) is 2.02. The van der Waals surface area contributed by atoms with Crippen molar-refractivity contribution in [3.63, 3.8) is 0 Å². The van der Waals surface area contributed by atoms with Gasteiger partial charge >= 0.3 is 0 Å². The highest BCUT2D eigenvalue weighted by Crippen LogP contribution is 2.20. The summed E-state index contributed by atoms with van der Waals surface area (Å²) < 4.78 is 0. The smallest absolute Gasteiger partial charge is 0.0428 e. The molecule has 0 aromatic carbocycles. The number of allylic oxidation sites excluding steroid dienone is 1. The van der Waals surface area contributed by atoms with Crippen molar-refractivity contribution in [3.8, 4) is 0 Å². The van der Waals surface area contributed by atoms with Crippen LogP contribution < -0.4 is 5.73 Å². The van der Waals surface area contributed by atoms with Crippen molar-refractivity contribution in [2.45, 2.75) is 12.5 Å². The van der Waals surface area contributed by atoms with Crippen molar-refractivity contribution in [1.82, 2.24) is 4.90 Å². The monoisotopic (exact) mass is 138 g/mol. The van der Waals surface area contributed by atoms with Gasteiger partial charge in [-0.15, -0.1) is 0 Å². The summed E-state index contributed by atoms with van der Waals surface area (Å²) in [5.74, 6) is 0. The van der Waals surface area contributed by atoms with Crippen LogP contribution in [0, 0.1) is 0 Å². The zero-order chi connectivity index (χ0) is 7.56. The van der Waals surface area contributed by atoms with Crippen molar-refractivity contribution in [3.05, 3.63) is 24.9 Å². The van der Waals surface area contributed by atoms with E-state index in [1.807, 2.05) is 0 Å². The van der Waals surface area contributed by atoms with Gasteiger partial charge in [-0.2, -0.15) is 0 Å². The van der Waals surface area contributed by atoms with Crippen LogP contribution in [0.3, 0.4) is 0 Å². The number of nitrogens with zero attached hydrogens (tertiary/aromatic N) is 1. The molecular formula is C8H14N2. The topological polar surface area (TPSA) is 29.3 Å². The molecule has 1 saturated heterocycles. The molecule has 1 rings (SSSR count). The molecule has 10 heavy (non-hydrogen) atoms. The van der Waals surface area contributed by atoms with Gasteiger partial charge in [-0.3, -0.25) is 0 Å².